The smallest absolute Gasteiger partial charge is 0.249 e. The summed E-state index contributed by atoms with van der Waals surface area (Å²) in [6, 6.07) is 0. The highest BCUT2D eigenvalue weighted by molar-refractivity contribution is 5.92. The van der Waals surface area contributed by atoms with Gasteiger partial charge in [0.15, 0.2) is 11.6 Å². The Morgan fingerprint density at radius 2 is 1.97 bits per heavy atom. The second-order valence-electron chi connectivity index (χ2n) is 10.5. The van der Waals surface area contributed by atoms with Crippen LogP contribution >= 0.6 is 0 Å². The Hall–Kier alpha value is -1.36. The molecule has 5 heteroatoms. The van der Waals surface area contributed by atoms with E-state index in [1.54, 1.807) is 6.92 Å². The first-order chi connectivity index (χ1) is 13.4. The van der Waals surface area contributed by atoms with Crippen LogP contribution in [0.25, 0.3) is 0 Å². The van der Waals surface area contributed by atoms with Crippen LogP contribution < -0.4 is 0 Å². The van der Waals surface area contributed by atoms with E-state index in [1.165, 1.54) is 11.1 Å². The lowest BCUT2D eigenvalue weighted by atomic mass is 9.48. The number of halogens is 2. The maximum Gasteiger partial charge on any atom is 0.249 e. The molecule has 0 spiro atoms. The van der Waals surface area contributed by atoms with Gasteiger partial charge in [0, 0.05) is 23.2 Å². The van der Waals surface area contributed by atoms with Crippen LogP contribution in [0.4, 0.5) is 8.78 Å². The van der Waals surface area contributed by atoms with Crippen molar-refractivity contribution in [3.8, 4) is 0 Å². The molecular formula is C24H32F2O3. The normalized spacial score (nSPS) is 44.4. The number of allylic oxidation sites excluding steroid dienone is 4. The summed E-state index contributed by atoms with van der Waals surface area (Å²) in [5, 5.41) is 9.65. The van der Waals surface area contributed by atoms with Gasteiger partial charge in [-0.2, -0.15) is 0 Å². The van der Waals surface area contributed by atoms with Gasteiger partial charge in [-0.3, -0.25) is 9.59 Å². The fraction of sp³-hybridized carbons (Fsp3) is 0.750. The summed E-state index contributed by atoms with van der Waals surface area (Å²) < 4.78 is 29.5. The van der Waals surface area contributed by atoms with Gasteiger partial charge < -0.3 is 5.11 Å². The summed E-state index contributed by atoms with van der Waals surface area (Å²) >= 11 is 0. The van der Waals surface area contributed by atoms with Crippen molar-refractivity contribution in [3.63, 3.8) is 0 Å². The molecule has 0 amide bonds. The molecule has 2 fully saturated rings. The van der Waals surface area contributed by atoms with Gasteiger partial charge in [-0.25, -0.2) is 8.78 Å². The summed E-state index contributed by atoms with van der Waals surface area (Å²) in [6.07, 6.45) is 7.84. The molecular weight excluding hydrogens is 374 g/mol. The van der Waals surface area contributed by atoms with Crippen molar-refractivity contribution >= 4 is 11.6 Å². The van der Waals surface area contributed by atoms with Crippen LogP contribution in [0.5, 0.6) is 0 Å². The Bertz CT molecular complexity index is 822. The number of hydrogen-bond donors (Lipinski definition) is 1. The van der Waals surface area contributed by atoms with Gasteiger partial charge in [-0.1, -0.05) is 38.0 Å². The van der Waals surface area contributed by atoms with E-state index in [9.17, 15) is 23.5 Å². The molecule has 4 aliphatic carbocycles. The zero-order valence-corrected chi connectivity index (χ0v) is 17.9. The SMILES string of the molecule is CC(F)(F)[C@@H]1CC2C3CCC4=CC(=O)CC[C@]4(C)C3=CC[C@]2(C)[C@@]1(C)C(=O)CO. The Morgan fingerprint density at radius 1 is 1.28 bits per heavy atom. The zero-order valence-electron chi connectivity index (χ0n) is 17.9. The summed E-state index contributed by atoms with van der Waals surface area (Å²) in [5.74, 6) is -4.20. The monoisotopic (exact) mass is 406 g/mol. The van der Waals surface area contributed by atoms with Gasteiger partial charge in [-0.15, -0.1) is 0 Å². The maximum atomic E-state index is 14.7. The molecule has 0 aliphatic heterocycles. The van der Waals surface area contributed by atoms with E-state index >= 15 is 0 Å². The highest BCUT2D eigenvalue weighted by Gasteiger charge is 2.70. The number of aliphatic hydroxyl groups is 1. The van der Waals surface area contributed by atoms with E-state index < -0.39 is 35.1 Å². The number of fused-ring (bicyclic) bond motifs is 5. The third kappa shape index (κ3) is 2.62. The molecule has 2 unspecified atom stereocenters. The van der Waals surface area contributed by atoms with Crippen LogP contribution in [0.1, 0.15) is 66.2 Å². The summed E-state index contributed by atoms with van der Waals surface area (Å²) in [4.78, 5) is 24.8. The number of rotatable bonds is 3. The molecule has 4 aliphatic rings. The average molecular weight is 407 g/mol. The lowest BCUT2D eigenvalue weighted by molar-refractivity contribution is -0.155. The number of carbonyl (C=O) groups excluding carboxylic acids is 2. The van der Waals surface area contributed by atoms with Crippen molar-refractivity contribution in [2.75, 3.05) is 6.61 Å². The quantitative estimate of drug-likeness (QED) is 0.679. The minimum absolute atomic E-state index is 0.0187. The number of ketones is 2. The molecule has 2 saturated carbocycles. The van der Waals surface area contributed by atoms with Crippen molar-refractivity contribution in [2.24, 2.45) is 34.0 Å². The average Bonchev–Trinajstić information content (AvgIpc) is 2.90. The molecule has 1 N–H and O–H groups in total. The van der Waals surface area contributed by atoms with Gasteiger partial charge in [0.1, 0.15) is 6.61 Å². The number of alkyl halides is 2. The molecule has 0 radical (unpaired) electrons. The topological polar surface area (TPSA) is 54.4 Å². The fourth-order valence-corrected chi connectivity index (χ4v) is 7.53. The second kappa shape index (κ2) is 6.32. The molecule has 3 nitrogen and oxygen atoms in total. The number of carbonyl (C=O) groups is 2. The van der Waals surface area contributed by atoms with Crippen LogP contribution in [0.3, 0.4) is 0 Å². The Morgan fingerprint density at radius 3 is 2.59 bits per heavy atom. The second-order valence-corrected chi connectivity index (χ2v) is 10.5. The van der Waals surface area contributed by atoms with E-state index in [2.05, 4.69) is 13.0 Å². The minimum Gasteiger partial charge on any atom is -0.389 e. The molecule has 0 aromatic heterocycles. The van der Waals surface area contributed by atoms with Crippen LogP contribution in [0.15, 0.2) is 23.3 Å². The molecule has 160 valence electrons. The fourth-order valence-electron chi connectivity index (χ4n) is 7.53. The maximum absolute atomic E-state index is 14.7. The number of aliphatic hydroxyl groups excluding tert-OH is 1. The van der Waals surface area contributed by atoms with Gasteiger partial charge in [-0.05, 0) is 62.4 Å². The lowest BCUT2D eigenvalue weighted by Gasteiger charge is -2.55. The van der Waals surface area contributed by atoms with Gasteiger partial charge in [0.05, 0.1) is 0 Å². The Labute approximate surface area is 171 Å². The lowest BCUT2D eigenvalue weighted by Crippen LogP contribution is -2.53. The summed E-state index contributed by atoms with van der Waals surface area (Å²) in [6.45, 7) is 6.08. The molecule has 0 heterocycles. The van der Waals surface area contributed by atoms with Gasteiger partial charge in [0.25, 0.3) is 0 Å². The van der Waals surface area contributed by atoms with E-state index in [0.717, 1.165) is 26.2 Å². The van der Waals surface area contributed by atoms with Gasteiger partial charge >= 0.3 is 0 Å². The molecule has 6 atom stereocenters. The zero-order chi connectivity index (χ0) is 21.4. The summed E-state index contributed by atoms with van der Waals surface area (Å²) in [7, 11) is 0. The molecule has 0 aromatic carbocycles. The van der Waals surface area contributed by atoms with Crippen LogP contribution in [0.2, 0.25) is 0 Å². The van der Waals surface area contributed by atoms with Crippen molar-refractivity contribution in [1.29, 1.82) is 0 Å². The Kier molecular flexibility index (Phi) is 4.55. The highest BCUT2D eigenvalue weighted by Crippen LogP contribution is 2.71. The molecule has 0 saturated heterocycles. The van der Waals surface area contributed by atoms with E-state index in [-0.39, 0.29) is 23.0 Å². The molecule has 4 rings (SSSR count). The van der Waals surface area contributed by atoms with Gasteiger partial charge in [0.2, 0.25) is 5.92 Å². The van der Waals surface area contributed by atoms with Crippen LogP contribution in [-0.4, -0.2) is 29.2 Å². The van der Waals surface area contributed by atoms with Crippen molar-refractivity contribution < 1.29 is 23.5 Å². The molecule has 29 heavy (non-hydrogen) atoms. The van der Waals surface area contributed by atoms with E-state index in [0.29, 0.717) is 19.3 Å². The number of hydrogen-bond acceptors (Lipinski definition) is 3. The van der Waals surface area contributed by atoms with Crippen molar-refractivity contribution in [1.82, 2.24) is 0 Å². The van der Waals surface area contributed by atoms with Crippen LogP contribution in [0, 0.1) is 34.0 Å². The van der Waals surface area contributed by atoms with Crippen LogP contribution in [-0.2, 0) is 9.59 Å². The van der Waals surface area contributed by atoms with Crippen molar-refractivity contribution in [3.05, 3.63) is 23.3 Å². The minimum atomic E-state index is -2.99. The van der Waals surface area contributed by atoms with E-state index in [1.807, 2.05) is 13.0 Å². The first kappa shape index (κ1) is 20.9. The van der Waals surface area contributed by atoms with E-state index in [4.69, 9.17) is 0 Å². The molecule has 0 bridgehead atoms. The summed E-state index contributed by atoms with van der Waals surface area (Å²) in [5.41, 5.74) is 0.454. The highest BCUT2D eigenvalue weighted by atomic mass is 19.3. The Balaban J connectivity index is 1.81. The first-order valence-corrected chi connectivity index (χ1v) is 10.9. The predicted octanol–water partition coefficient (Wildman–Crippen LogP) is 4.89. The molecule has 0 aromatic rings. The number of Topliss-reactive ketones (excluding diaryl/α,β-unsaturated/α-hetero) is 1. The standard InChI is InChI=1S/C24H32F2O3/c1-21-9-7-15(28)11-14(21)5-6-16-17(21)8-10-22(2)18(16)12-19(24(4,25)26)23(22,3)20(29)13-27/h8,11,16,18-19,27H,5-7,9-10,12-13H2,1-4H3/t16?,18?,19-,21+,22+,23-/m1/s1. The predicted molar refractivity (Wildman–Crippen MR) is 106 cm³/mol. The first-order valence-electron chi connectivity index (χ1n) is 10.9. The van der Waals surface area contributed by atoms with Crippen molar-refractivity contribution in [2.45, 2.75) is 72.1 Å². The third-order valence-electron chi connectivity index (χ3n) is 9.43. The largest absolute Gasteiger partial charge is 0.389 e. The third-order valence-corrected chi connectivity index (χ3v) is 9.43.